The van der Waals surface area contributed by atoms with Gasteiger partial charge in [0.05, 0.1) is 11.9 Å². The fourth-order valence-corrected chi connectivity index (χ4v) is 4.78. The number of likely N-dealkylation sites (tertiary alicyclic amines) is 1. The number of carbonyl (C=O) groups is 2. The highest BCUT2D eigenvalue weighted by molar-refractivity contribution is 9.10. The van der Waals surface area contributed by atoms with Gasteiger partial charge in [-0.05, 0) is 47.1 Å². The second-order valence-electron chi connectivity index (χ2n) is 7.16. The van der Waals surface area contributed by atoms with Crippen molar-refractivity contribution < 1.29 is 14.3 Å². The molecule has 2 heterocycles. The topological polar surface area (TPSA) is 65.1 Å². The summed E-state index contributed by atoms with van der Waals surface area (Å²) < 4.78 is 5.64. The molecule has 0 saturated carbocycles. The van der Waals surface area contributed by atoms with Crippen LogP contribution in [-0.2, 0) is 10.2 Å². The van der Waals surface area contributed by atoms with Gasteiger partial charge in [-0.2, -0.15) is 0 Å². The average Bonchev–Trinajstić information content (AvgIpc) is 2.93. The molecule has 0 radical (unpaired) electrons. The molecule has 0 unspecified atom stereocenters. The Morgan fingerprint density at radius 1 is 1.36 bits per heavy atom. The molecule has 2 atom stereocenters. The van der Waals surface area contributed by atoms with Crippen molar-refractivity contribution in [3.05, 3.63) is 22.2 Å². The average molecular weight is 411 g/mol. The molecule has 1 aromatic carbocycles. The summed E-state index contributed by atoms with van der Waals surface area (Å²) in [4.78, 5) is 29.3. The second-order valence-corrected chi connectivity index (χ2v) is 8.02. The highest BCUT2D eigenvalue weighted by Gasteiger charge is 2.52. The number of ether oxygens (including phenoxy) is 1. The molecule has 1 aromatic rings. The second kappa shape index (κ2) is 6.17. The first-order chi connectivity index (χ1) is 11.6. The molecule has 0 bridgehead atoms. The van der Waals surface area contributed by atoms with Crippen molar-refractivity contribution in [1.29, 1.82) is 0 Å². The van der Waals surface area contributed by atoms with E-state index in [0.717, 1.165) is 23.1 Å². The van der Waals surface area contributed by atoms with E-state index in [4.69, 9.17) is 4.74 Å². The Morgan fingerprint density at radius 2 is 2.04 bits per heavy atom. The molecule has 0 spiro atoms. The van der Waals surface area contributed by atoms with Crippen LogP contribution in [0.1, 0.15) is 18.9 Å². The molecular weight excluding hydrogens is 388 g/mol. The first kappa shape index (κ1) is 18.0. The van der Waals surface area contributed by atoms with Gasteiger partial charge in [-0.15, -0.1) is 0 Å². The highest BCUT2D eigenvalue weighted by Crippen LogP contribution is 2.54. The van der Waals surface area contributed by atoms with Gasteiger partial charge < -0.3 is 14.5 Å². The van der Waals surface area contributed by atoms with Crippen LogP contribution in [0.15, 0.2) is 16.6 Å². The normalized spacial score (nSPS) is 24.7. The van der Waals surface area contributed by atoms with Gasteiger partial charge in [0.15, 0.2) is 0 Å². The number of amides is 2. The van der Waals surface area contributed by atoms with Gasteiger partial charge in [0.1, 0.15) is 0 Å². The molecule has 1 fully saturated rings. The van der Waals surface area contributed by atoms with Crippen LogP contribution in [0.2, 0.25) is 0 Å². The largest absolute Gasteiger partial charge is 0.420 e. The Labute approximate surface area is 156 Å². The zero-order chi connectivity index (χ0) is 18.5. The minimum absolute atomic E-state index is 0.0115. The summed E-state index contributed by atoms with van der Waals surface area (Å²) in [5, 5.41) is 2.65. The predicted octanol–water partition coefficient (Wildman–Crippen LogP) is 3.05. The molecule has 2 aliphatic heterocycles. The van der Waals surface area contributed by atoms with E-state index in [-0.39, 0.29) is 11.6 Å². The van der Waals surface area contributed by atoms with E-state index >= 15 is 0 Å². The van der Waals surface area contributed by atoms with Gasteiger partial charge in [0.2, 0.25) is 0 Å². The summed E-state index contributed by atoms with van der Waals surface area (Å²) in [6.45, 7) is 3.28. The first-order valence-electron chi connectivity index (χ1n) is 8.12. The van der Waals surface area contributed by atoms with Crippen LogP contribution in [0.25, 0.3) is 0 Å². The smallest absolute Gasteiger partial charge is 0.359 e. The van der Waals surface area contributed by atoms with E-state index < -0.39 is 12.2 Å². The number of nitrogens with one attached hydrogen (secondary N) is 1. The van der Waals surface area contributed by atoms with Crippen LogP contribution in [0.3, 0.4) is 0 Å². The van der Waals surface area contributed by atoms with Gasteiger partial charge >= 0.3 is 12.2 Å². The van der Waals surface area contributed by atoms with Gasteiger partial charge in [-0.3, -0.25) is 10.2 Å². The Morgan fingerprint density at radius 3 is 2.68 bits per heavy atom. The van der Waals surface area contributed by atoms with Crippen LogP contribution < -0.4 is 10.2 Å². The minimum Gasteiger partial charge on any atom is -0.359 e. The van der Waals surface area contributed by atoms with Gasteiger partial charge in [0, 0.05) is 43.3 Å². The summed E-state index contributed by atoms with van der Waals surface area (Å²) in [7, 11) is 7.28. The SMILES string of the molecule is CN(C)C(=O)OC(=O)Nc1cc(Br)c2c(c1)[C@]1(C)CCN(C)[C@H]1N2C. The Bertz CT molecular complexity index is 739. The molecule has 1 N–H and O–H groups in total. The molecule has 25 heavy (non-hydrogen) atoms. The van der Waals surface area contributed by atoms with Crippen molar-refractivity contribution in [2.24, 2.45) is 0 Å². The van der Waals surface area contributed by atoms with Crippen LogP contribution >= 0.6 is 15.9 Å². The zero-order valence-electron chi connectivity index (χ0n) is 15.1. The fraction of sp³-hybridized carbons (Fsp3) is 0.529. The molecule has 0 aliphatic carbocycles. The number of anilines is 2. The number of carbonyl (C=O) groups excluding carboxylic acids is 2. The third-order valence-corrected chi connectivity index (χ3v) is 5.77. The lowest BCUT2D eigenvalue weighted by Crippen LogP contribution is -2.45. The van der Waals surface area contributed by atoms with E-state index in [9.17, 15) is 9.59 Å². The van der Waals surface area contributed by atoms with Crippen LogP contribution in [-0.4, -0.2) is 62.9 Å². The standard InChI is InChI=1S/C17H23BrN4O3/c1-17-6-7-21(4)14(17)22(5)13-11(17)8-10(9-12(13)18)19-15(23)25-16(24)20(2)3/h8-9,14H,6-7H2,1-5H3,(H,19,23)/t14-,17-/m0/s1. The molecular formula is C17H23BrN4O3. The van der Waals surface area contributed by atoms with Crippen LogP contribution in [0.5, 0.6) is 0 Å². The number of benzene rings is 1. The Hall–Kier alpha value is -1.80. The van der Waals surface area contributed by atoms with Gasteiger partial charge in [-0.25, -0.2) is 9.59 Å². The lowest BCUT2D eigenvalue weighted by Gasteiger charge is -2.32. The van der Waals surface area contributed by atoms with Crippen molar-refractivity contribution in [3.8, 4) is 0 Å². The maximum absolute atomic E-state index is 11.9. The van der Waals surface area contributed by atoms with E-state index in [0.29, 0.717) is 5.69 Å². The monoisotopic (exact) mass is 410 g/mol. The quantitative estimate of drug-likeness (QED) is 0.720. The molecule has 0 aromatic heterocycles. The Kier molecular flexibility index (Phi) is 4.45. The number of hydrogen-bond donors (Lipinski definition) is 1. The number of fused-ring (bicyclic) bond motifs is 3. The third kappa shape index (κ3) is 2.87. The predicted molar refractivity (Wildman–Crippen MR) is 100 cm³/mol. The zero-order valence-corrected chi connectivity index (χ0v) is 16.7. The van der Waals surface area contributed by atoms with Gasteiger partial charge in [-0.1, -0.05) is 6.92 Å². The van der Waals surface area contributed by atoms with E-state index in [1.807, 2.05) is 12.1 Å². The summed E-state index contributed by atoms with van der Waals surface area (Å²) in [6, 6.07) is 3.82. The lowest BCUT2D eigenvalue weighted by molar-refractivity contribution is 0.138. The maximum Gasteiger partial charge on any atom is 0.420 e. The molecule has 136 valence electrons. The van der Waals surface area contributed by atoms with Crippen LogP contribution in [0, 0.1) is 0 Å². The van der Waals surface area contributed by atoms with E-state index in [1.165, 1.54) is 24.6 Å². The molecule has 1 saturated heterocycles. The van der Waals surface area contributed by atoms with Crippen molar-refractivity contribution in [2.45, 2.75) is 24.9 Å². The van der Waals surface area contributed by atoms with E-state index in [1.54, 1.807) is 0 Å². The van der Waals surface area contributed by atoms with Crippen molar-refractivity contribution in [1.82, 2.24) is 9.80 Å². The highest BCUT2D eigenvalue weighted by atomic mass is 79.9. The number of likely N-dealkylation sites (N-methyl/N-ethyl adjacent to an activating group) is 2. The lowest BCUT2D eigenvalue weighted by atomic mass is 9.81. The fourth-order valence-electron chi connectivity index (χ4n) is 4.04. The first-order valence-corrected chi connectivity index (χ1v) is 8.91. The van der Waals surface area contributed by atoms with Gasteiger partial charge in [0.25, 0.3) is 0 Å². The number of hydrogen-bond acceptors (Lipinski definition) is 5. The summed E-state index contributed by atoms with van der Waals surface area (Å²) in [6.07, 6.45) is -0.161. The number of rotatable bonds is 1. The molecule has 8 heteroatoms. The summed E-state index contributed by atoms with van der Waals surface area (Å²) in [5.74, 6) is 0. The van der Waals surface area contributed by atoms with Crippen LogP contribution in [0.4, 0.5) is 21.0 Å². The van der Waals surface area contributed by atoms with Crippen molar-refractivity contribution in [2.75, 3.05) is 45.0 Å². The molecule has 7 nitrogen and oxygen atoms in total. The van der Waals surface area contributed by atoms with Crippen molar-refractivity contribution in [3.63, 3.8) is 0 Å². The molecule has 2 amide bonds. The molecule has 3 rings (SSSR count). The minimum atomic E-state index is -0.790. The van der Waals surface area contributed by atoms with Crippen molar-refractivity contribution >= 4 is 39.5 Å². The maximum atomic E-state index is 11.9. The summed E-state index contributed by atoms with van der Waals surface area (Å²) in [5.41, 5.74) is 2.92. The molecule has 2 aliphatic rings. The number of halogens is 1. The van der Waals surface area contributed by atoms with E-state index in [2.05, 4.69) is 52.1 Å². The number of nitrogens with zero attached hydrogens (tertiary/aromatic N) is 3. The Balaban J connectivity index is 1.89. The third-order valence-electron chi connectivity index (χ3n) is 5.16. The summed E-state index contributed by atoms with van der Waals surface area (Å²) >= 11 is 3.63.